The van der Waals surface area contributed by atoms with Crippen molar-refractivity contribution >= 4 is 21.4 Å². The Kier molecular flexibility index (Phi) is 5.36. The molecule has 0 fully saturated rings. The first-order valence-electron chi connectivity index (χ1n) is 5.55. The van der Waals surface area contributed by atoms with Crippen LogP contribution < -0.4 is 5.73 Å². The van der Waals surface area contributed by atoms with Gasteiger partial charge in [0.25, 0.3) is 0 Å². The summed E-state index contributed by atoms with van der Waals surface area (Å²) in [5.41, 5.74) is 5.40. The highest BCUT2D eigenvalue weighted by Crippen LogP contribution is 2.27. The van der Waals surface area contributed by atoms with E-state index >= 15 is 0 Å². The molecule has 0 aliphatic rings. The van der Waals surface area contributed by atoms with Gasteiger partial charge in [-0.1, -0.05) is 6.92 Å². The number of hydrogen-bond acceptors (Lipinski definition) is 4. The first-order chi connectivity index (χ1) is 8.72. The molecule has 0 atom stereocenters. The molecule has 1 aromatic heterocycles. The van der Waals surface area contributed by atoms with E-state index in [0.717, 1.165) is 11.3 Å². The van der Waals surface area contributed by atoms with Gasteiger partial charge in [-0.05, 0) is 17.9 Å². The van der Waals surface area contributed by atoms with Crippen molar-refractivity contribution in [2.24, 2.45) is 5.73 Å². The van der Waals surface area contributed by atoms with Crippen molar-refractivity contribution in [2.75, 3.05) is 13.1 Å². The molecular formula is C10H15F3N2O2S2. The maximum Gasteiger partial charge on any atom is 0.402 e. The molecule has 19 heavy (non-hydrogen) atoms. The minimum Gasteiger partial charge on any atom is -0.326 e. The van der Waals surface area contributed by atoms with Crippen molar-refractivity contribution in [1.82, 2.24) is 4.31 Å². The Morgan fingerprint density at radius 1 is 1.42 bits per heavy atom. The van der Waals surface area contributed by atoms with Gasteiger partial charge in [0, 0.05) is 18.0 Å². The van der Waals surface area contributed by atoms with Crippen molar-refractivity contribution in [3.8, 4) is 0 Å². The van der Waals surface area contributed by atoms with E-state index in [1.807, 2.05) is 0 Å². The summed E-state index contributed by atoms with van der Waals surface area (Å²) in [7, 11) is -4.15. The smallest absolute Gasteiger partial charge is 0.326 e. The average molecular weight is 316 g/mol. The number of nitrogens with zero attached hydrogens (tertiary/aromatic N) is 1. The van der Waals surface area contributed by atoms with E-state index in [1.165, 1.54) is 11.4 Å². The molecule has 0 saturated carbocycles. The molecule has 0 radical (unpaired) electrons. The Morgan fingerprint density at radius 3 is 2.53 bits per heavy atom. The van der Waals surface area contributed by atoms with Gasteiger partial charge in [-0.25, -0.2) is 8.42 Å². The molecule has 4 nitrogen and oxygen atoms in total. The molecule has 0 aromatic carbocycles. The number of sulfonamides is 1. The number of halogens is 3. The highest BCUT2D eigenvalue weighted by atomic mass is 32.2. The third-order valence-corrected chi connectivity index (χ3v) is 5.34. The predicted molar refractivity (Wildman–Crippen MR) is 67.3 cm³/mol. The largest absolute Gasteiger partial charge is 0.402 e. The monoisotopic (exact) mass is 316 g/mol. The second-order valence-electron chi connectivity index (χ2n) is 3.87. The lowest BCUT2D eigenvalue weighted by molar-refractivity contribution is -0.136. The maximum atomic E-state index is 12.5. The van der Waals surface area contributed by atoms with Crippen LogP contribution in [0.15, 0.2) is 16.3 Å². The predicted octanol–water partition coefficient (Wildman–Crippen LogP) is 2.17. The van der Waals surface area contributed by atoms with Crippen molar-refractivity contribution in [3.05, 3.63) is 16.3 Å². The summed E-state index contributed by atoms with van der Waals surface area (Å²) < 4.78 is 62.3. The van der Waals surface area contributed by atoms with E-state index in [9.17, 15) is 21.6 Å². The van der Waals surface area contributed by atoms with Gasteiger partial charge in [0.05, 0.1) is 4.90 Å². The Morgan fingerprint density at radius 2 is 2.05 bits per heavy atom. The van der Waals surface area contributed by atoms with Crippen LogP contribution in [0.2, 0.25) is 0 Å². The van der Waals surface area contributed by atoms with Crippen LogP contribution in [0.4, 0.5) is 13.2 Å². The molecule has 0 amide bonds. The van der Waals surface area contributed by atoms with Crippen molar-refractivity contribution < 1.29 is 21.6 Å². The summed E-state index contributed by atoms with van der Waals surface area (Å²) in [4.78, 5) is 0.237. The lowest BCUT2D eigenvalue weighted by Gasteiger charge is -2.22. The van der Waals surface area contributed by atoms with Crippen LogP contribution in [-0.2, 0) is 16.6 Å². The fourth-order valence-corrected chi connectivity index (χ4v) is 4.40. The molecule has 0 saturated heterocycles. The zero-order valence-corrected chi connectivity index (χ0v) is 11.9. The maximum absolute atomic E-state index is 12.5. The van der Waals surface area contributed by atoms with Gasteiger partial charge in [-0.2, -0.15) is 17.5 Å². The highest BCUT2D eigenvalue weighted by Gasteiger charge is 2.37. The van der Waals surface area contributed by atoms with Crippen LogP contribution in [0.5, 0.6) is 0 Å². The van der Waals surface area contributed by atoms with E-state index in [2.05, 4.69) is 0 Å². The molecule has 0 aliphatic carbocycles. The molecular weight excluding hydrogens is 301 g/mol. The van der Waals surface area contributed by atoms with Crippen molar-refractivity contribution in [3.63, 3.8) is 0 Å². The topological polar surface area (TPSA) is 63.4 Å². The van der Waals surface area contributed by atoms with Crippen LogP contribution >= 0.6 is 11.3 Å². The molecule has 0 unspecified atom stereocenters. The summed E-state index contributed by atoms with van der Waals surface area (Å²) in [5, 5.41) is 1.51. The van der Waals surface area contributed by atoms with E-state index < -0.39 is 22.7 Å². The standard InChI is InChI=1S/C10H15F3N2O2S2/c1-2-4-15(7-10(11,12)13)19(16,17)9-3-5-18-8(9)6-14/h3,5H,2,4,6-7,14H2,1H3. The normalized spacial score (nSPS) is 13.2. The molecule has 9 heteroatoms. The second-order valence-corrected chi connectivity index (χ2v) is 6.77. The van der Waals surface area contributed by atoms with Gasteiger partial charge >= 0.3 is 6.18 Å². The minimum atomic E-state index is -4.57. The summed E-state index contributed by atoms with van der Waals surface area (Å²) in [6.45, 7) is -0.0562. The van der Waals surface area contributed by atoms with E-state index in [4.69, 9.17) is 5.73 Å². The average Bonchev–Trinajstić information content (AvgIpc) is 2.75. The third kappa shape index (κ3) is 4.16. The molecule has 0 aliphatic heterocycles. The van der Waals surface area contributed by atoms with Gasteiger partial charge in [0.2, 0.25) is 10.0 Å². The summed E-state index contributed by atoms with van der Waals surface area (Å²) in [5.74, 6) is 0. The fourth-order valence-electron chi connectivity index (χ4n) is 1.58. The lowest BCUT2D eigenvalue weighted by Crippen LogP contribution is -2.39. The molecule has 1 rings (SSSR count). The van der Waals surface area contributed by atoms with Crippen LogP contribution in [-0.4, -0.2) is 32.0 Å². The fraction of sp³-hybridized carbons (Fsp3) is 0.600. The van der Waals surface area contributed by atoms with E-state index in [0.29, 0.717) is 15.6 Å². The van der Waals surface area contributed by atoms with Gasteiger partial charge in [-0.15, -0.1) is 11.3 Å². The molecule has 0 bridgehead atoms. The molecule has 1 aromatic rings. The summed E-state index contributed by atoms with van der Waals surface area (Å²) in [6.07, 6.45) is -4.27. The quantitative estimate of drug-likeness (QED) is 0.875. The molecule has 0 spiro atoms. The Bertz CT molecular complexity index is 511. The highest BCUT2D eigenvalue weighted by molar-refractivity contribution is 7.89. The number of thiophene rings is 1. The second kappa shape index (κ2) is 6.21. The van der Waals surface area contributed by atoms with E-state index in [1.54, 1.807) is 6.92 Å². The van der Waals surface area contributed by atoms with Crippen LogP contribution in [0, 0.1) is 0 Å². The SMILES string of the molecule is CCCN(CC(F)(F)F)S(=O)(=O)c1ccsc1CN. The van der Waals surface area contributed by atoms with Crippen LogP contribution in [0.3, 0.4) is 0 Å². The number of alkyl halides is 3. The molecule has 1 heterocycles. The third-order valence-electron chi connectivity index (χ3n) is 2.34. The Balaban J connectivity index is 3.13. The van der Waals surface area contributed by atoms with Gasteiger partial charge in [0.1, 0.15) is 6.54 Å². The van der Waals surface area contributed by atoms with Crippen molar-refractivity contribution in [2.45, 2.75) is 31.0 Å². The van der Waals surface area contributed by atoms with Crippen LogP contribution in [0.25, 0.3) is 0 Å². The Hall–Kier alpha value is -0.640. The van der Waals surface area contributed by atoms with Gasteiger partial charge in [-0.3, -0.25) is 0 Å². The van der Waals surface area contributed by atoms with Gasteiger partial charge in [0.15, 0.2) is 0 Å². The summed E-state index contributed by atoms with van der Waals surface area (Å²) in [6, 6.07) is 1.29. The number of hydrogen-bond donors (Lipinski definition) is 1. The van der Waals surface area contributed by atoms with Gasteiger partial charge < -0.3 is 5.73 Å². The van der Waals surface area contributed by atoms with Crippen molar-refractivity contribution in [1.29, 1.82) is 0 Å². The zero-order chi connectivity index (χ0) is 14.7. The molecule has 2 N–H and O–H groups in total. The van der Waals surface area contributed by atoms with E-state index in [-0.39, 0.29) is 18.0 Å². The minimum absolute atomic E-state index is 0.0157. The van der Waals surface area contributed by atoms with Crippen LogP contribution in [0.1, 0.15) is 18.2 Å². The first-order valence-corrected chi connectivity index (χ1v) is 7.87. The number of nitrogens with two attached hydrogens (primary N) is 1. The number of rotatable bonds is 6. The first kappa shape index (κ1) is 16.4. The molecule has 110 valence electrons. The lowest BCUT2D eigenvalue weighted by atomic mass is 10.5. The Labute approximate surface area is 114 Å². The zero-order valence-electron chi connectivity index (χ0n) is 10.3. The summed E-state index contributed by atoms with van der Waals surface area (Å²) >= 11 is 1.12.